The third-order valence-corrected chi connectivity index (χ3v) is 2.94. The zero-order valence-electron chi connectivity index (χ0n) is 13.3. The maximum Gasteiger partial charge on any atom is 0.314 e. The Balaban J connectivity index is 2.36. The van der Waals surface area contributed by atoms with Gasteiger partial charge in [-0.1, -0.05) is 27.7 Å². The van der Waals surface area contributed by atoms with Crippen LogP contribution in [-0.2, 0) is 11.8 Å². The van der Waals surface area contributed by atoms with Crippen LogP contribution in [0.1, 0.15) is 57.9 Å². The summed E-state index contributed by atoms with van der Waals surface area (Å²) in [5.74, 6) is 1.70. The molecule has 2 amide bonds. The Labute approximate surface area is 121 Å². The number of carbonyl (C=O) groups is 1. The van der Waals surface area contributed by atoms with Crippen LogP contribution in [0.4, 0.5) is 4.79 Å². The van der Waals surface area contributed by atoms with Gasteiger partial charge >= 0.3 is 6.03 Å². The van der Waals surface area contributed by atoms with E-state index in [1.54, 1.807) is 0 Å². The summed E-state index contributed by atoms with van der Waals surface area (Å²) in [7, 11) is 0. The molecule has 1 aromatic heterocycles. The molecule has 1 heterocycles. The standard InChI is InChI=1S/C15H27N3O2/c1-6-9-16-14(19)17-10-7-8-12-11(2)18-13(20-12)15(3,4)5/h6-10H2,1-5H3,(H2,16,17,19). The van der Waals surface area contributed by atoms with E-state index in [1.807, 2.05) is 13.8 Å². The van der Waals surface area contributed by atoms with Crippen molar-refractivity contribution in [3.05, 3.63) is 17.3 Å². The topological polar surface area (TPSA) is 67.2 Å². The summed E-state index contributed by atoms with van der Waals surface area (Å²) >= 11 is 0. The first-order valence-corrected chi connectivity index (χ1v) is 7.33. The highest BCUT2D eigenvalue weighted by Gasteiger charge is 2.21. The summed E-state index contributed by atoms with van der Waals surface area (Å²) in [5.41, 5.74) is 0.881. The van der Waals surface area contributed by atoms with Crippen LogP contribution in [0, 0.1) is 6.92 Å². The molecular formula is C15H27N3O2. The summed E-state index contributed by atoms with van der Waals surface area (Å²) in [6.07, 6.45) is 2.59. The summed E-state index contributed by atoms with van der Waals surface area (Å²) in [4.78, 5) is 15.8. The average Bonchev–Trinajstić information content (AvgIpc) is 2.73. The third-order valence-electron chi connectivity index (χ3n) is 2.94. The summed E-state index contributed by atoms with van der Waals surface area (Å²) in [6, 6.07) is -0.100. The van der Waals surface area contributed by atoms with Gasteiger partial charge in [0.2, 0.25) is 0 Å². The smallest absolute Gasteiger partial charge is 0.314 e. The quantitative estimate of drug-likeness (QED) is 0.788. The van der Waals surface area contributed by atoms with Crippen molar-refractivity contribution in [2.24, 2.45) is 0 Å². The van der Waals surface area contributed by atoms with E-state index in [9.17, 15) is 4.79 Å². The highest BCUT2D eigenvalue weighted by Crippen LogP contribution is 2.24. The number of aromatic nitrogens is 1. The number of hydrogen-bond donors (Lipinski definition) is 2. The summed E-state index contributed by atoms with van der Waals surface area (Å²) < 4.78 is 5.81. The highest BCUT2D eigenvalue weighted by molar-refractivity contribution is 5.73. The molecule has 0 spiro atoms. The van der Waals surface area contributed by atoms with Crippen molar-refractivity contribution in [1.82, 2.24) is 15.6 Å². The van der Waals surface area contributed by atoms with E-state index in [2.05, 4.69) is 36.4 Å². The Morgan fingerprint density at radius 1 is 1.25 bits per heavy atom. The van der Waals surface area contributed by atoms with Crippen LogP contribution in [-0.4, -0.2) is 24.1 Å². The highest BCUT2D eigenvalue weighted by atomic mass is 16.4. The van der Waals surface area contributed by atoms with Crippen LogP contribution >= 0.6 is 0 Å². The minimum absolute atomic E-state index is 0.0682. The zero-order chi connectivity index (χ0) is 15.2. The molecule has 0 aliphatic heterocycles. The van der Waals surface area contributed by atoms with Crippen molar-refractivity contribution in [1.29, 1.82) is 0 Å². The predicted molar refractivity (Wildman–Crippen MR) is 80.0 cm³/mol. The number of amides is 2. The van der Waals surface area contributed by atoms with Crippen LogP contribution < -0.4 is 10.6 Å². The van der Waals surface area contributed by atoms with Gasteiger partial charge in [-0.25, -0.2) is 9.78 Å². The third kappa shape index (κ3) is 5.23. The van der Waals surface area contributed by atoms with Crippen LogP contribution in [0.5, 0.6) is 0 Å². The number of oxazole rings is 1. The van der Waals surface area contributed by atoms with Crippen molar-refractivity contribution in [3.8, 4) is 0 Å². The van der Waals surface area contributed by atoms with Gasteiger partial charge in [0.25, 0.3) is 0 Å². The van der Waals surface area contributed by atoms with Crippen molar-refractivity contribution in [2.45, 2.75) is 59.3 Å². The average molecular weight is 281 g/mol. The van der Waals surface area contributed by atoms with E-state index >= 15 is 0 Å². The fourth-order valence-corrected chi connectivity index (χ4v) is 1.73. The van der Waals surface area contributed by atoms with Crippen molar-refractivity contribution in [2.75, 3.05) is 13.1 Å². The van der Waals surface area contributed by atoms with E-state index in [-0.39, 0.29) is 11.4 Å². The number of hydrogen-bond acceptors (Lipinski definition) is 3. The molecule has 114 valence electrons. The Kier molecular flexibility index (Phi) is 6.05. The normalized spacial score (nSPS) is 11.4. The first kappa shape index (κ1) is 16.5. The molecule has 5 heteroatoms. The lowest BCUT2D eigenvalue weighted by atomic mass is 9.97. The first-order chi connectivity index (χ1) is 9.34. The lowest BCUT2D eigenvalue weighted by Crippen LogP contribution is -2.36. The van der Waals surface area contributed by atoms with E-state index in [0.717, 1.165) is 36.6 Å². The minimum atomic E-state index is -0.100. The van der Waals surface area contributed by atoms with E-state index in [0.29, 0.717) is 13.1 Å². The molecule has 1 aromatic rings. The lowest BCUT2D eigenvalue weighted by Gasteiger charge is -2.12. The Hall–Kier alpha value is -1.52. The second-order valence-corrected chi connectivity index (χ2v) is 6.06. The fraction of sp³-hybridized carbons (Fsp3) is 0.733. The van der Waals surface area contributed by atoms with Crippen LogP contribution in [0.15, 0.2) is 4.42 Å². The van der Waals surface area contributed by atoms with Crippen LogP contribution in [0.3, 0.4) is 0 Å². The largest absolute Gasteiger partial charge is 0.445 e. The maximum atomic E-state index is 11.4. The molecule has 0 aliphatic carbocycles. The molecule has 2 N–H and O–H groups in total. The van der Waals surface area contributed by atoms with Gasteiger partial charge in [-0.2, -0.15) is 0 Å². The molecule has 5 nitrogen and oxygen atoms in total. The van der Waals surface area contributed by atoms with E-state index < -0.39 is 0 Å². The molecule has 0 saturated carbocycles. The van der Waals surface area contributed by atoms with Crippen molar-refractivity contribution >= 4 is 6.03 Å². The van der Waals surface area contributed by atoms with Gasteiger partial charge in [0.15, 0.2) is 5.89 Å². The lowest BCUT2D eigenvalue weighted by molar-refractivity contribution is 0.240. The number of urea groups is 1. The molecule has 0 atom stereocenters. The Morgan fingerprint density at radius 2 is 1.90 bits per heavy atom. The molecule has 1 rings (SSSR count). The van der Waals surface area contributed by atoms with Crippen LogP contribution in [0.25, 0.3) is 0 Å². The van der Waals surface area contributed by atoms with Gasteiger partial charge in [-0.15, -0.1) is 0 Å². The second kappa shape index (κ2) is 7.31. The molecule has 20 heavy (non-hydrogen) atoms. The number of nitrogens with one attached hydrogen (secondary N) is 2. The Bertz CT molecular complexity index is 433. The number of carbonyl (C=O) groups excluding carboxylic acids is 1. The SMILES string of the molecule is CCCNC(=O)NCCCc1oc(C(C)(C)C)nc1C. The van der Waals surface area contributed by atoms with E-state index in [1.165, 1.54) is 0 Å². The van der Waals surface area contributed by atoms with Gasteiger partial charge < -0.3 is 15.1 Å². The van der Waals surface area contributed by atoms with Gasteiger partial charge in [0, 0.05) is 24.9 Å². The maximum absolute atomic E-state index is 11.4. The molecule has 0 fully saturated rings. The number of aryl methyl sites for hydroxylation is 2. The molecule has 0 aliphatic rings. The van der Waals surface area contributed by atoms with Gasteiger partial charge in [-0.3, -0.25) is 0 Å². The fourth-order valence-electron chi connectivity index (χ4n) is 1.73. The Morgan fingerprint density at radius 3 is 2.45 bits per heavy atom. The molecule has 0 radical (unpaired) electrons. The molecule has 0 bridgehead atoms. The minimum Gasteiger partial charge on any atom is -0.445 e. The van der Waals surface area contributed by atoms with Crippen molar-refractivity contribution in [3.63, 3.8) is 0 Å². The summed E-state index contributed by atoms with van der Waals surface area (Å²) in [6.45, 7) is 11.6. The number of rotatable bonds is 6. The number of nitrogens with zero attached hydrogens (tertiary/aromatic N) is 1. The van der Waals surface area contributed by atoms with Gasteiger partial charge in [0.1, 0.15) is 5.76 Å². The second-order valence-electron chi connectivity index (χ2n) is 6.06. The van der Waals surface area contributed by atoms with Crippen LogP contribution in [0.2, 0.25) is 0 Å². The first-order valence-electron chi connectivity index (χ1n) is 7.33. The predicted octanol–water partition coefficient (Wildman–Crippen LogP) is 2.92. The van der Waals surface area contributed by atoms with Gasteiger partial charge in [-0.05, 0) is 19.8 Å². The summed E-state index contributed by atoms with van der Waals surface area (Å²) in [5, 5.41) is 5.61. The molecular weight excluding hydrogens is 254 g/mol. The molecule has 0 saturated heterocycles. The van der Waals surface area contributed by atoms with Crippen molar-refractivity contribution < 1.29 is 9.21 Å². The zero-order valence-corrected chi connectivity index (χ0v) is 13.3. The molecule has 0 aromatic carbocycles. The van der Waals surface area contributed by atoms with E-state index in [4.69, 9.17) is 4.42 Å². The van der Waals surface area contributed by atoms with Gasteiger partial charge in [0.05, 0.1) is 5.69 Å². The monoisotopic (exact) mass is 281 g/mol. The molecule has 0 unspecified atom stereocenters.